The molecule has 9 heteroatoms. The van der Waals surface area contributed by atoms with Crippen molar-refractivity contribution in [3.63, 3.8) is 0 Å². The predicted molar refractivity (Wildman–Crippen MR) is 164 cm³/mol. The van der Waals surface area contributed by atoms with Gasteiger partial charge in [-0.3, -0.25) is 13.9 Å². The minimum atomic E-state index is -4.11. The van der Waals surface area contributed by atoms with Crippen LogP contribution in [0.2, 0.25) is 0 Å². The number of carbonyl (C=O) groups excluding carboxylic acids is 2. The van der Waals surface area contributed by atoms with Gasteiger partial charge in [-0.25, -0.2) is 8.42 Å². The van der Waals surface area contributed by atoms with E-state index in [0.29, 0.717) is 5.69 Å². The lowest BCUT2D eigenvalue weighted by molar-refractivity contribution is -0.140. The molecule has 3 aromatic carbocycles. The van der Waals surface area contributed by atoms with E-state index < -0.39 is 34.1 Å². The summed E-state index contributed by atoms with van der Waals surface area (Å²) in [5, 5.41) is 2.94. The molecule has 0 heterocycles. The minimum absolute atomic E-state index is 0.0878. The third kappa shape index (κ3) is 7.73. The Morgan fingerprint density at radius 2 is 1.52 bits per heavy atom. The summed E-state index contributed by atoms with van der Waals surface area (Å²) < 4.78 is 30.1. The predicted octanol–water partition coefficient (Wildman–Crippen LogP) is 5.90. The molecule has 214 valence electrons. The number of rotatable bonds is 9. The van der Waals surface area contributed by atoms with Crippen LogP contribution >= 0.6 is 15.9 Å². The molecule has 1 N–H and O–H groups in total. The van der Waals surface area contributed by atoms with Gasteiger partial charge >= 0.3 is 0 Å². The molecule has 0 fully saturated rings. The minimum Gasteiger partial charge on any atom is -0.350 e. The number of amides is 2. The fourth-order valence-corrected chi connectivity index (χ4v) is 5.94. The zero-order valence-electron chi connectivity index (χ0n) is 24.2. The van der Waals surface area contributed by atoms with Crippen molar-refractivity contribution in [2.24, 2.45) is 0 Å². The van der Waals surface area contributed by atoms with Crippen molar-refractivity contribution in [3.8, 4) is 0 Å². The maximum atomic E-state index is 14.1. The van der Waals surface area contributed by atoms with E-state index in [2.05, 4.69) is 21.2 Å². The lowest BCUT2D eigenvalue weighted by Crippen LogP contribution is -2.54. The third-order valence-corrected chi connectivity index (χ3v) is 8.97. The van der Waals surface area contributed by atoms with Gasteiger partial charge < -0.3 is 10.2 Å². The van der Waals surface area contributed by atoms with Crippen molar-refractivity contribution < 1.29 is 18.0 Å². The number of hydrogen-bond donors (Lipinski definition) is 1. The molecule has 1 unspecified atom stereocenters. The third-order valence-electron chi connectivity index (χ3n) is 6.66. The van der Waals surface area contributed by atoms with E-state index in [-0.39, 0.29) is 17.3 Å². The van der Waals surface area contributed by atoms with Crippen molar-refractivity contribution in [2.75, 3.05) is 10.8 Å². The van der Waals surface area contributed by atoms with Gasteiger partial charge in [0, 0.05) is 16.6 Å². The number of nitrogens with one attached hydrogen (secondary N) is 1. The number of nitrogens with zero attached hydrogens (tertiary/aromatic N) is 2. The van der Waals surface area contributed by atoms with E-state index in [1.807, 2.05) is 71.9 Å². The Labute approximate surface area is 246 Å². The summed E-state index contributed by atoms with van der Waals surface area (Å²) in [5.41, 5.74) is 3.31. The quantitative estimate of drug-likeness (QED) is 0.320. The van der Waals surface area contributed by atoms with Gasteiger partial charge in [0.15, 0.2) is 0 Å². The second-order valence-corrected chi connectivity index (χ2v) is 13.9. The molecule has 0 aliphatic carbocycles. The molecule has 3 rings (SSSR count). The van der Waals surface area contributed by atoms with Crippen LogP contribution in [-0.4, -0.2) is 43.3 Å². The molecule has 0 radical (unpaired) electrons. The molecule has 7 nitrogen and oxygen atoms in total. The maximum Gasteiger partial charge on any atom is 0.264 e. The fourth-order valence-electron chi connectivity index (χ4n) is 4.20. The van der Waals surface area contributed by atoms with Crippen LogP contribution in [0, 0.1) is 20.8 Å². The highest BCUT2D eigenvalue weighted by atomic mass is 79.9. The van der Waals surface area contributed by atoms with Crippen LogP contribution in [-0.2, 0) is 26.2 Å². The molecule has 0 spiro atoms. The van der Waals surface area contributed by atoms with Crippen molar-refractivity contribution in [2.45, 2.75) is 71.5 Å². The van der Waals surface area contributed by atoms with Gasteiger partial charge in [-0.15, -0.1) is 0 Å². The summed E-state index contributed by atoms with van der Waals surface area (Å²) in [4.78, 5) is 28.8. The summed E-state index contributed by atoms with van der Waals surface area (Å²) in [7, 11) is -4.11. The van der Waals surface area contributed by atoms with Crippen molar-refractivity contribution >= 4 is 43.5 Å². The molecule has 0 aliphatic heterocycles. The monoisotopic (exact) mass is 627 g/mol. The molecule has 2 amide bonds. The smallest absolute Gasteiger partial charge is 0.264 e. The highest BCUT2D eigenvalue weighted by molar-refractivity contribution is 9.10. The first-order valence-electron chi connectivity index (χ1n) is 13.1. The van der Waals surface area contributed by atoms with Crippen LogP contribution in [0.4, 0.5) is 5.69 Å². The highest BCUT2D eigenvalue weighted by Crippen LogP contribution is 2.29. The molecule has 40 heavy (non-hydrogen) atoms. The Morgan fingerprint density at radius 1 is 0.925 bits per heavy atom. The first-order valence-corrected chi connectivity index (χ1v) is 15.3. The maximum absolute atomic E-state index is 14.1. The van der Waals surface area contributed by atoms with Gasteiger partial charge in [0.25, 0.3) is 10.0 Å². The average molecular weight is 629 g/mol. The number of halogens is 1. The first kappa shape index (κ1) is 31.4. The van der Waals surface area contributed by atoms with Gasteiger partial charge in [0.2, 0.25) is 11.8 Å². The van der Waals surface area contributed by atoms with Gasteiger partial charge in [-0.05, 0) is 95.5 Å². The van der Waals surface area contributed by atoms with Crippen LogP contribution in [0.3, 0.4) is 0 Å². The summed E-state index contributed by atoms with van der Waals surface area (Å²) in [6.45, 7) is 12.6. The molecule has 0 saturated carbocycles. The Kier molecular flexibility index (Phi) is 9.85. The summed E-state index contributed by atoms with van der Waals surface area (Å²) in [6, 6.07) is 18.5. The highest BCUT2D eigenvalue weighted by Gasteiger charge is 2.34. The SMILES string of the molecule is Cc1ccc(S(=O)(=O)N(CC(=O)N(Cc2ccc(Br)cc2)C(C)C(=O)NC(C)(C)C)c2cccc(C)c2C)cc1. The Hall–Kier alpha value is -3.17. The van der Waals surface area contributed by atoms with Crippen molar-refractivity contribution in [3.05, 3.63) is 93.5 Å². The fraction of sp³-hybridized carbons (Fsp3) is 0.355. The lowest BCUT2D eigenvalue weighted by Gasteiger charge is -2.34. The van der Waals surface area contributed by atoms with E-state index in [9.17, 15) is 18.0 Å². The van der Waals surface area contributed by atoms with Gasteiger partial charge in [-0.2, -0.15) is 0 Å². The van der Waals surface area contributed by atoms with E-state index in [4.69, 9.17) is 0 Å². The van der Waals surface area contributed by atoms with Crippen molar-refractivity contribution in [1.29, 1.82) is 0 Å². The number of carbonyl (C=O) groups is 2. The van der Waals surface area contributed by atoms with E-state index >= 15 is 0 Å². The van der Waals surface area contributed by atoms with E-state index in [0.717, 1.165) is 31.0 Å². The zero-order chi connectivity index (χ0) is 29.8. The van der Waals surface area contributed by atoms with Crippen LogP contribution in [0.1, 0.15) is 49.9 Å². The Bertz CT molecular complexity index is 1460. The lowest BCUT2D eigenvalue weighted by atomic mass is 10.1. The Morgan fingerprint density at radius 3 is 2.10 bits per heavy atom. The second kappa shape index (κ2) is 12.6. The van der Waals surface area contributed by atoms with Gasteiger partial charge in [0.1, 0.15) is 12.6 Å². The van der Waals surface area contributed by atoms with E-state index in [1.54, 1.807) is 43.3 Å². The van der Waals surface area contributed by atoms with Crippen molar-refractivity contribution in [1.82, 2.24) is 10.2 Å². The number of benzene rings is 3. The topological polar surface area (TPSA) is 86.8 Å². The summed E-state index contributed by atoms with van der Waals surface area (Å²) in [6.07, 6.45) is 0. The Balaban J connectivity index is 2.08. The number of aryl methyl sites for hydroxylation is 2. The molecular weight excluding hydrogens is 590 g/mol. The normalized spacial score (nSPS) is 12.5. The molecule has 1 atom stereocenters. The molecule has 3 aromatic rings. The van der Waals surface area contributed by atoms with Gasteiger partial charge in [-0.1, -0.05) is 57.9 Å². The average Bonchev–Trinajstić information content (AvgIpc) is 2.87. The summed E-state index contributed by atoms with van der Waals surface area (Å²) in [5.74, 6) is -0.811. The van der Waals surface area contributed by atoms with Crippen LogP contribution in [0.25, 0.3) is 0 Å². The van der Waals surface area contributed by atoms with Gasteiger partial charge in [0.05, 0.1) is 10.6 Å². The number of anilines is 1. The second-order valence-electron chi connectivity index (χ2n) is 11.1. The standard InChI is InChI=1S/C31H38BrN3O4S/c1-21-11-17-27(18-12-21)40(38,39)35(28-10-8-9-22(2)23(28)3)20-29(36)34(19-25-13-15-26(32)16-14-25)24(4)30(37)33-31(5,6)7/h8-18,24H,19-20H2,1-7H3,(H,33,37). The molecular formula is C31H38BrN3O4S. The zero-order valence-corrected chi connectivity index (χ0v) is 26.6. The van der Waals surface area contributed by atoms with Crippen LogP contribution < -0.4 is 9.62 Å². The molecule has 0 bridgehead atoms. The van der Waals surface area contributed by atoms with Crippen LogP contribution in [0.5, 0.6) is 0 Å². The van der Waals surface area contributed by atoms with Crippen LogP contribution in [0.15, 0.2) is 76.1 Å². The molecule has 0 aromatic heterocycles. The molecule has 0 saturated heterocycles. The first-order chi connectivity index (χ1) is 18.6. The largest absolute Gasteiger partial charge is 0.350 e. The number of sulfonamides is 1. The summed E-state index contributed by atoms with van der Waals surface area (Å²) >= 11 is 3.43. The van der Waals surface area contributed by atoms with E-state index in [1.165, 1.54) is 4.90 Å². The number of hydrogen-bond acceptors (Lipinski definition) is 4. The molecule has 0 aliphatic rings.